The van der Waals surface area contributed by atoms with E-state index in [0.717, 1.165) is 37.6 Å². The standard InChI is InChI=1S/C17H27N5S/c1-6-14-7-8-15(23-14)11-20-17(18-4)19-10-9-16-12(2)21-22(5)13(16)3/h7-8H,6,9-11H2,1-5H3,(H2,18,19,20). The molecule has 0 atom stereocenters. The number of thiophene rings is 1. The molecule has 0 aliphatic carbocycles. The summed E-state index contributed by atoms with van der Waals surface area (Å²) in [7, 11) is 3.80. The van der Waals surface area contributed by atoms with Crippen LogP contribution in [0.15, 0.2) is 17.1 Å². The maximum Gasteiger partial charge on any atom is 0.191 e. The molecule has 2 heterocycles. The lowest BCUT2D eigenvalue weighted by molar-refractivity contribution is 0.729. The molecule has 0 saturated heterocycles. The highest BCUT2D eigenvalue weighted by Gasteiger charge is 2.09. The molecular weight excluding hydrogens is 306 g/mol. The lowest BCUT2D eigenvalue weighted by atomic mass is 10.1. The number of nitrogens with one attached hydrogen (secondary N) is 2. The van der Waals surface area contributed by atoms with Gasteiger partial charge in [-0.05, 0) is 44.4 Å². The van der Waals surface area contributed by atoms with Crippen LogP contribution in [0.1, 0.15) is 33.6 Å². The van der Waals surface area contributed by atoms with Crippen LogP contribution >= 0.6 is 11.3 Å². The van der Waals surface area contributed by atoms with Gasteiger partial charge in [0, 0.05) is 36.1 Å². The molecule has 0 spiro atoms. The van der Waals surface area contributed by atoms with Crippen LogP contribution in [-0.4, -0.2) is 29.3 Å². The van der Waals surface area contributed by atoms with Gasteiger partial charge in [0.2, 0.25) is 0 Å². The van der Waals surface area contributed by atoms with Gasteiger partial charge < -0.3 is 10.6 Å². The van der Waals surface area contributed by atoms with Crippen LogP contribution in [0.2, 0.25) is 0 Å². The monoisotopic (exact) mass is 333 g/mol. The van der Waals surface area contributed by atoms with Gasteiger partial charge in [-0.25, -0.2) is 0 Å². The van der Waals surface area contributed by atoms with Crippen LogP contribution in [0.4, 0.5) is 0 Å². The van der Waals surface area contributed by atoms with E-state index >= 15 is 0 Å². The zero-order valence-electron chi connectivity index (χ0n) is 14.7. The highest BCUT2D eigenvalue weighted by atomic mass is 32.1. The largest absolute Gasteiger partial charge is 0.356 e. The van der Waals surface area contributed by atoms with Crippen molar-refractivity contribution in [1.82, 2.24) is 20.4 Å². The summed E-state index contributed by atoms with van der Waals surface area (Å²) in [5.74, 6) is 0.843. The van der Waals surface area contributed by atoms with Crippen LogP contribution < -0.4 is 10.6 Å². The summed E-state index contributed by atoms with van der Waals surface area (Å²) in [6, 6.07) is 4.39. The summed E-state index contributed by atoms with van der Waals surface area (Å²) in [5.41, 5.74) is 3.67. The van der Waals surface area contributed by atoms with E-state index in [1.807, 2.05) is 30.1 Å². The first-order valence-corrected chi connectivity index (χ1v) is 8.88. The number of hydrogen-bond acceptors (Lipinski definition) is 3. The van der Waals surface area contributed by atoms with Gasteiger partial charge in [0.1, 0.15) is 0 Å². The van der Waals surface area contributed by atoms with E-state index in [9.17, 15) is 0 Å². The van der Waals surface area contributed by atoms with Crippen molar-refractivity contribution < 1.29 is 0 Å². The van der Waals surface area contributed by atoms with Crippen molar-refractivity contribution in [1.29, 1.82) is 0 Å². The molecule has 2 aromatic rings. The summed E-state index contributed by atoms with van der Waals surface area (Å²) in [5, 5.41) is 11.2. The zero-order chi connectivity index (χ0) is 16.8. The second-order valence-electron chi connectivity index (χ2n) is 5.60. The summed E-state index contributed by atoms with van der Waals surface area (Å²) in [4.78, 5) is 7.05. The number of aryl methyl sites for hydroxylation is 3. The molecule has 2 N–H and O–H groups in total. The lowest BCUT2D eigenvalue weighted by Gasteiger charge is -2.11. The Morgan fingerprint density at radius 2 is 2.00 bits per heavy atom. The van der Waals surface area contributed by atoms with E-state index in [4.69, 9.17) is 0 Å². The Hall–Kier alpha value is -1.82. The van der Waals surface area contributed by atoms with Crippen LogP contribution in [-0.2, 0) is 26.4 Å². The third kappa shape index (κ3) is 4.58. The predicted molar refractivity (Wildman–Crippen MR) is 98.3 cm³/mol. The third-order valence-electron chi connectivity index (χ3n) is 4.05. The molecule has 0 bridgehead atoms. The second-order valence-corrected chi connectivity index (χ2v) is 6.85. The Balaban J connectivity index is 1.81. The molecule has 126 valence electrons. The number of nitrogens with zero attached hydrogens (tertiary/aromatic N) is 3. The molecule has 6 heteroatoms. The van der Waals surface area contributed by atoms with Crippen LogP contribution in [0.25, 0.3) is 0 Å². The van der Waals surface area contributed by atoms with E-state index in [1.165, 1.54) is 21.0 Å². The number of rotatable bonds is 6. The first-order valence-electron chi connectivity index (χ1n) is 8.06. The molecule has 2 aromatic heterocycles. The molecule has 0 radical (unpaired) electrons. The van der Waals surface area contributed by atoms with E-state index in [-0.39, 0.29) is 0 Å². The van der Waals surface area contributed by atoms with Gasteiger partial charge in [0.25, 0.3) is 0 Å². The third-order valence-corrected chi connectivity index (χ3v) is 5.28. The highest BCUT2D eigenvalue weighted by molar-refractivity contribution is 7.11. The Morgan fingerprint density at radius 1 is 1.26 bits per heavy atom. The van der Waals surface area contributed by atoms with Gasteiger partial charge in [0.15, 0.2) is 5.96 Å². The van der Waals surface area contributed by atoms with Crippen LogP contribution in [0.5, 0.6) is 0 Å². The molecule has 0 aliphatic heterocycles. The predicted octanol–water partition coefficient (Wildman–Crippen LogP) is 2.57. The molecule has 5 nitrogen and oxygen atoms in total. The molecular formula is C17H27N5S. The van der Waals surface area contributed by atoms with Crippen molar-refractivity contribution in [3.05, 3.63) is 38.8 Å². The number of guanidine groups is 1. The van der Waals surface area contributed by atoms with Crippen LogP contribution in [0.3, 0.4) is 0 Å². The molecule has 0 amide bonds. The smallest absolute Gasteiger partial charge is 0.191 e. The fourth-order valence-corrected chi connectivity index (χ4v) is 3.48. The molecule has 0 saturated carbocycles. The highest BCUT2D eigenvalue weighted by Crippen LogP contribution is 2.16. The minimum atomic E-state index is 0.815. The normalized spacial score (nSPS) is 11.8. The Labute approximate surface area is 142 Å². The van der Waals surface area contributed by atoms with E-state index in [0.29, 0.717) is 0 Å². The Morgan fingerprint density at radius 3 is 2.57 bits per heavy atom. The molecule has 0 aliphatic rings. The maximum absolute atomic E-state index is 4.46. The average Bonchev–Trinajstić information content (AvgIpc) is 3.10. The minimum Gasteiger partial charge on any atom is -0.356 e. The molecule has 2 rings (SSSR count). The number of aromatic nitrogens is 2. The van der Waals surface area contributed by atoms with Crippen molar-refractivity contribution in [2.24, 2.45) is 12.0 Å². The van der Waals surface area contributed by atoms with E-state index in [2.05, 4.69) is 53.6 Å². The fraction of sp³-hybridized carbons (Fsp3) is 0.529. The van der Waals surface area contributed by atoms with Crippen molar-refractivity contribution in [3.8, 4) is 0 Å². The number of aliphatic imine (C=N–C) groups is 1. The van der Waals surface area contributed by atoms with Gasteiger partial charge in [0.05, 0.1) is 12.2 Å². The SMILES string of the molecule is CCc1ccc(CNC(=NC)NCCc2c(C)nn(C)c2C)s1. The van der Waals surface area contributed by atoms with Gasteiger partial charge >= 0.3 is 0 Å². The zero-order valence-corrected chi connectivity index (χ0v) is 15.5. The van der Waals surface area contributed by atoms with Crippen molar-refractivity contribution in [2.45, 2.75) is 40.2 Å². The maximum atomic E-state index is 4.46. The van der Waals surface area contributed by atoms with Gasteiger partial charge in [-0.3, -0.25) is 9.67 Å². The summed E-state index contributed by atoms with van der Waals surface area (Å²) >= 11 is 1.86. The quantitative estimate of drug-likeness (QED) is 0.631. The Bertz CT molecular complexity index is 669. The molecule has 0 fully saturated rings. The van der Waals surface area contributed by atoms with Gasteiger partial charge in [-0.15, -0.1) is 11.3 Å². The average molecular weight is 334 g/mol. The topological polar surface area (TPSA) is 54.2 Å². The fourth-order valence-electron chi connectivity index (χ4n) is 2.58. The molecule has 0 aromatic carbocycles. The van der Waals surface area contributed by atoms with Crippen molar-refractivity contribution in [3.63, 3.8) is 0 Å². The van der Waals surface area contributed by atoms with Crippen LogP contribution in [0, 0.1) is 13.8 Å². The second kappa shape index (κ2) is 8.15. The van der Waals surface area contributed by atoms with Gasteiger partial charge in [-0.2, -0.15) is 5.10 Å². The molecule has 0 unspecified atom stereocenters. The molecule has 23 heavy (non-hydrogen) atoms. The summed E-state index contributed by atoms with van der Waals surface area (Å²) in [6.45, 7) is 8.03. The van der Waals surface area contributed by atoms with Crippen molar-refractivity contribution in [2.75, 3.05) is 13.6 Å². The first kappa shape index (κ1) is 17.5. The Kier molecular flexibility index (Phi) is 6.21. The minimum absolute atomic E-state index is 0.815. The summed E-state index contributed by atoms with van der Waals surface area (Å²) in [6.07, 6.45) is 2.05. The first-order chi connectivity index (χ1) is 11.0. The van der Waals surface area contributed by atoms with Crippen molar-refractivity contribution >= 4 is 17.3 Å². The van der Waals surface area contributed by atoms with E-state index < -0.39 is 0 Å². The van der Waals surface area contributed by atoms with E-state index in [1.54, 1.807) is 0 Å². The summed E-state index contributed by atoms with van der Waals surface area (Å²) < 4.78 is 1.94. The van der Waals surface area contributed by atoms with Gasteiger partial charge in [-0.1, -0.05) is 6.92 Å². The lowest BCUT2D eigenvalue weighted by Crippen LogP contribution is -2.37. The number of hydrogen-bond donors (Lipinski definition) is 2.